The van der Waals surface area contributed by atoms with E-state index in [0.29, 0.717) is 30.2 Å². The van der Waals surface area contributed by atoms with Crippen molar-refractivity contribution in [3.63, 3.8) is 0 Å². The maximum absolute atomic E-state index is 6.38. The molecule has 0 spiro atoms. The molecule has 0 aromatic carbocycles. The summed E-state index contributed by atoms with van der Waals surface area (Å²) in [7, 11) is 0. The molecule has 5 rings (SSSR count). The fourth-order valence-corrected chi connectivity index (χ4v) is 6.06. The highest BCUT2D eigenvalue weighted by atomic mass is 16.5. The predicted molar refractivity (Wildman–Crippen MR) is 107 cm³/mol. The van der Waals surface area contributed by atoms with Gasteiger partial charge >= 0.3 is 0 Å². The van der Waals surface area contributed by atoms with Crippen molar-refractivity contribution in [2.75, 3.05) is 0 Å². The summed E-state index contributed by atoms with van der Waals surface area (Å²) in [5.74, 6) is 2.95. The SMILES string of the molecule is C1=CC2OC3CC(NC4C=C[C@@H]([C@H]5C=CCCC5)CC4)CCC3C2C=C1. The van der Waals surface area contributed by atoms with Gasteiger partial charge < -0.3 is 10.1 Å². The van der Waals surface area contributed by atoms with Crippen molar-refractivity contribution in [2.24, 2.45) is 23.7 Å². The number of rotatable bonds is 3. The zero-order valence-electron chi connectivity index (χ0n) is 15.8. The Hall–Kier alpha value is -1.12. The monoisotopic (exact) mass is 351 g/mol. The van der Waals surface area contributed by atoms with E-state index in [0.717, 1.165) is 17.8 Å². The Labute approximate surface area is 158 Å². The summed E-state index contributed by atoms with van der Waals surface area (Å²) < 4.78 is 6.38. The first-order chi connectivity index (χ1) is 12.9. The van der Waals surface area contributed by atoms with Gasteiger partial charge in [0.25, 0.3) is 0 Å². The molecule has 5 aliphatic rings. The molecule has 2 nitrogen and oxygen atoms in total. The zero-order chi connectivity index (χ0) is 17.3. The minimum absolute atomic E-state index is 0.340. The average molecular weight is 352 g/mol. The van der Waals surface area contributed by atoms with Crippen LogP contribution in [0.25, 0.3) is 0 Å². The molecule has 2 heteroatoms. The quantitative estimate of drug-likeness (QED) is 0.727. The van der Waals surface area contributed by atoms with Gasteiger partial charge in [0.1, 0.15) is 0 Å². The van der Waals surface area contributed by atoms with Gasteiger partial charge in [0, 0.05) is 18.0 Å². The third-order valence-electron chi connectivity index (χ3n) is 7.49. The van der Waals surface area contributed by atoms with Crippen LogP contribution >= 0.6 is 0 Å². The maximum atomic E-state index is 6.38. The van der Waals surface area contributed by atoms with Gasteiger partial charge in [0.05, 0.1) is 12.2 Å². The molecular weight excluding hydrogens is 318 g/mol. The Morgan fingerprint density at radius 3 is 2.58 bits per heavy atom. The highest BCUT2D eigenvalue weighted by molar-refractivity contribution is 5.20. The first kappa shape index (κ1) is 17.0. The second-order valence-corrected chi connectivity index (χ2v) is 9.08. The topological polar surface area (TPSA) is 21.3 Å². The third-order valence-corrected chi connectivity index (χ3v) is 7.49. The van der Waals surface area contributed by atoms with Crippen LogP contribution in [0.2, 0.25) is 0 Å². The summed E-state index contributed by atoms with van der Waals surface area (Å²) in [6.07, 6.45) is 30.2. The lowest BCUT2D eigenvalue weighted by molar-refractivity contribution is 0.0274. The number of hydrogen-bond donors (Lipinski definition) is 1. The van der Waals surface area contributed by atoms with Gasteiger partial charge in [-0.2, -0.15) is 0 Å². The third kappa shape index (κ3) is 3.39. The molecule has 1 aliphatic heterocycles. The number of allylic oxidation sites excluding steroid dienone is 5. The Kier molecular flexibility index (Phi) is 4.89. The second-order valence-electron chi connectivity index (χ2n) is 9.08. The van der Waals surface area contributed by atoms with Gasteiger partial charge in [-0.3, -0.25) is 0 Å². The summed E-state index contributed by atoms with van der Waals surface area (Å²) in [4.78, 5) is 0. The Morgan fingerprint density at radius 2 is 1.73 bits per heavy atom. The van der Waals surface area contributed by atoms with Crippen LogP contribution in [0.5, 0.6) is 0 Å². The summed E-state index contributed by atoms with van der Waals surface area (Å²) in [6.45, 7) is 0. The van der Waals surface area contributed by atoms with Gasteiger partial charge in [-0.05, 0) is 69.1 Å². The number of nitrogens with one attached hydrogen (secondary N) is 1. The molecule has 4 aliphatic carbocycles. The van der Waals surface area contributed by atoms with Gasteiger partial charge in [-0.15, -0.1) is 0 Å². The predicted octanol–water partition coefficient (Wildman–Crippen LogP) is 4.95. The van der Waals surface area contributed by atoms with Crippen molar-refractivity contribution in [3.05, 3.63) is 48.6 Å². The Morgan fingerprint density at radius 1 is 0.808 bits per heavy atom. The van der Waals surface area contributed by atoms with E-state index in [1.54, 1.807) is 0 Å². The first-order valence-electron chi connectivity index (χ1n) is 11.0. The van der Waals surface area contributed by atoms with Crippen LogP contribution in [0.1, 0.15) is 51.4 Å². The van der Waals surface area contributed by atoms with Crippen LogP contribution in [0.3, 0.4) is 0 Å². The van der Waals surface area contributed by atoms with E-state index >= 15 is 0 Å². The van der Waals surface area contributed by atoms with Crippen LogP contribution < -0.4 is 5.32 Å². The standard InChI is InChI=1S/C24H33NO/c1-2-6-17(7-3-1)18-10-12-19(13-11-18)25-20-14-15-22-21-8-4-5-9-23(21)26-24(22)16-20/h2,4-6,8-10,12,17-25H,1,3,7,11,13-16H2/t17-,18+,19?,20?,21?,22?,23?,24?/m0/s1. The van der Waals surface area contributed by atoms with Gasteiger partial charge in [-0.1, -0.05) is 48.6 Å². The van der Waals surface area contributed by atoms with Crippen molar-refractivity contribution < 1.29 is 4.74 Å². The van der Waals surface area contributed by atoms with Crippen molar-refractivity contribution in [2.45, 2.75) is 75.7 Å². The molecule has 1 N–H and O–H groups in total. The molecule has 0 aromatic rings. The van der Waals surface area contributed by atoms with Crippen molar-refractivity contribution in [3.8, 4) is 0 Å². The molecule has 8 atom stereocenters. The van der Waals surface area contributed by atoms with E-state index in [9.17, 15) is 0 Å². The summed E-state index contributed by atoms with van der Waals surface area (Å²) >= 11 is 0. The molecule has 1 heterocycles. The zero-order valence-corrected chi connectivity index (χ0v) is 15.8. The van der Waals surface area contributed by atoms with Crippen LogP contribution in [0, 0.1) is 23.7 Å². The van der Waals surface area contributed by atoms with Crippen LogP contribution in [-0.4, -0.2) is 24.3 Å². The fraction of sp³-hybridized carbons (Fsp3) is 0.667. The lowest BCUT2D eigenvalue weighted by Gasteiger charge is -2.36. The minimum atomic E-state index is 0.340. The van der Waals surface area contributed by atoms with Gasteiger partial charge in [0.15, 0.2) is 0 Å². The lowest BCUT2D eigenvalue weighted by atomic mass is 9.75. The molecule has 26 heavy (non-hydrogen) atoms. The van der Waals surface area contributed by atoms with Gasteiger partial charge in [0.2, 0.25) is 0 Å². The van der Waals surface area contributed by atoms with Crippen molar-refractivity contribution in [1.29, 1.82) is 0 Å². The van der Waals surface area contributed by atoms with E-state index in [4.69, 9.17) is 4.74 Å². The first-order valence-corrected chi connectivity index (χ1v) is 11.0. The smallest absolute Gasteiger partial charge is 0.0829 e. The molecule has 0 aromatic heterocycles. The minimum Gasteiger partial charge on any atom is -0.370 e. The number of hydrogen-bond acceptors (Lipinski definition) is 2. The van der Waals surface area contributed by atoms with Crippen molar-refractivity contribution in [1.82, 2.24) is 5.32 Å². The molecule has 0 bridgehead atoms. The second kappa shape index (κ2) is 7.48. The summed E-state index contributed by atoms with van der Waals surface area (Å²) in [6, 6.07) is 1.20. The Bertz CT molecular complexity index is 618. The lowest BCUT2D eigenvalue weighted by Crippen LogP contribution is -2.44. The van der Waals surface area contributed by atoms with E-state index in [-0.39, 0.29) is 0 Å². The van der Waals surface area contributed by atoms with E-state index < -0.39 is 0 Å². The van der Waals surface area contributed by atoms with Gasteiger partial charge in [-0.25, -0.2) is 0 Å². The molecule has 1 saturated carbocycles. The highest BCUT2D eigenvalue weighted by Crippen LogP contribution is 2.44. The maximum Gasteiger partial charge on any atom is 0.0829 e. The molecule has 140 valence electrons. The largest absolute Gasteiger partial charge is 0.370 e. The van der Waals surface area contributed by atoms with E-state index in [2.05, 4.69) is 53.9 Å². The highest BCUT2D eigenvalue weighted by Gasteiger charge is 2.45. The Balaban J connectivity index is 1.15. The molecular formula is C24H33NO. The fourth-order valence-electron chi connectivity index (χ4n) is 6.06. The van der Waals surface area contributed by atoms with Crippen LogP contribution in [-0.2, 0) is 4.74 Å². The molecule has 2 fully saturated rings. The molecule has 0 amide bonds. The van der Waals surface area contributed by atoms with Crippen LogP contribution in [0.15, 0.2) is 48.6 Å². The molecule has 0 radical (unpaired) electrons. The van der Waals surface area contributed by atoms with Crippen molar-refractivity contribution >= 4 is 0 Å². The number of fused-ring (bicyclic) bond motifs is 3. The normalized spacial score (nSPS) is 46.9. The molecule has 1 saturated heterocycles. The van der Waals surface area contributed by atoms with Crippen LogP contribution in [0.4, 0.5) is 0 Å². The summed E-state index contributed by atoms with van der Waals surface area (Å²) in [5.41, 5.74) is 0. The molecule has 6 unspecified atom stereocenters. The van der Waals surface area contributed by atoms with E-state index in [1.165, 1.54) is 51.4 Å². The summed E-state index contributed by atoms with van der Waals surface area (Å²) in [5, 5.41) is 3.95. The van der Waals surface area contributed by atoms with E-state index in [1.807, 2.05) is 0 Å². The number of ether oxygens (including phenoxy) is 1. The average Bonchev–Trinajstić information content (AvgIpc) is 3.07.